The molecule has 2 heteroatoms. The number of benzene rings is 2. The van der Waals surface area contributed by atoms with Crippen LogP contribution >= 0.6 is 0 Å². The zero-order valence-electron chi connectivity index (χ0n) is 12.5. The summed E-state index contributed by atoms with van der Waals surface area (Å²) in [6, 6.07) is 21.3. The van der Waals surface area contributed by atoms with Crippen LogP contribution in [0.2, 0.25) is 0 Å². The lowest BCUT2D eigenvalue weighted by molar-refractivity contribution is 0.0731. The minimum Gasteiger partial charge on any atom is -0.391 e. The van der Waals surface area contributed by atoms with Gasteiger partial charge in [-0.15, -0.1) is 0 Å². The molecule has 2 nitrogen and oxygen atoms in total. The van der Waals surface area contributed by atoms with Crippen LogP contribution in [0, 0.1) is 0 Å². The van der Waals surface area contributed by atoms with E-state index in [0.29, 0.717) is 0 Å². The summed E-state index contributed by atoms with van der Waals surface area (Å²) >= 11 is 0. The molecule has 2 aromatic rings. The number of aliphatic hydroxyl groups is 1. The molecule has 2 atom stereocenters. The fourth-order valence-electron chi connectivity index (χ4n) is 3.21. The maximum absolute atomic E-state index is 10.6. The van der Waals surface area contributed by atoms with Crippen molar-refractivity contribution in [2.75, 3.05) is 6.54 Å². The minimum atomic E-state index is -0.316. The summed E-state index contributed by atoms with van der Waals surface area (Å²) in [5.74, 6) is 0. The number of rotatable bonds is 5. The summed E-state index contributed by atoms with van der Waals surface area (Å²) in [6.07, 6.45) is 1.49. The van der Waals surface area contributed by atoms with Crippen LogP contribution in [-0.2, 0) is 5.41 Å². The van der Waals surface area contributed by atoms with Crippen molar-refractivity contribution in [3.63, 3.8) is 0 Å². The highest BCUT2D eigenvalue weighted by Gasteiger charge is 2.35. The average molecular weight is 281 g/mol. The monoisotopic (exact) mass is 281 g/mol. The Labute approximate surface area is 126 Å². The molecule has 3 rings (SSSR count). The Hall–Kier alpha value is -1.64. The largest absolute Gasteiger partial charge is 0.391 e. The molecule has 110 valence electrons. The Morgan fingerprint density at radius 2 is 1.52 bits per heavy atom. The van der Waals surface area contributed by atoms with Crippen molar-refractivity contribution >= 4 is 0 Å². The van der Waals surface area contributed by atoms with Crippen molar-refractivity contribution in [1.29, 1.82) is 0 Å². The number of aliphatic hydroxyl groups excluding tert-OH is 1. The van der Waals surface area contributed by atoms with E-state index >= 15 is 0 Å². The molecule has 2 N–H and O–H groups in total. The molecule has 1 aliphatic heterocycles. The van der Waals surface area contributed by atoms with Crippen molar-refractivity contribution in [2.45, 2.75) is 37.3 Å². The lowest BCUT2D eigenvalue weighted by atomic mass is 9.71. The number of hydrogen-bond acceptors (Lipinski definition) is 2. The highest BCUT2D eigenvalue weighted by molar-refractivity contribution is 5.38. The summed E-state index contributed by atoms with van der Waals surface area (Å²) in [4.78, 5) is 0. The molecule has 0 bridgehead atoms. The first-order chi connectivity index (χ1) is 10.2. The zero-order chi connectivity index (χ0) is 14.7. The van der Waals surface area contributed by atoms with E-state index in [0.717, 1.165) is 19.4 Å². The van der Waals surface area contributed by atoms with E-state index < -0.39 is 0 Å². The SMILES string of the molecule is CC(CC(O)[C@@H]1CCN1)(c1ccccc1)c1ccccc1. The Morgan fingerprint density at radius 3 is 1.90 bits per heavy atom. The quantitative estimate of drug-likeness (QED) is 0.882. The highest BCUT2D eigenvalue weighted by atomic mass is 16.3. The van der Waals surface area contributed by atoms with Crippen LogP contribution in [0.5, 0.6) is 0 Å². The van der Waals surface area contributed by atoms with Crippen LogP contribution in [-0.4, -0.2) is 23.8 Å². The number of hydrogen-bond donors (Lipinski definition) is 2. The van der Waals surface area contributed by atoms with Gasteiger partial charge in [-0.05, 0) is 30.5 Å². The minimum absolute atomic E-state index is 0.167. The second kappa shape index (κ2) is 6.00. The van der Waals surface area contributed by atoms with Gasteiger partial charge in [0.1, 0.15) is 0 Å². The molecule has 1 fully saturated rings. The van der Waals surface area contributed by atoms with Crippen molar-refractivity contribution in [3.8, 4) is 0 Å². The van der Waals surface area contributed by atoms with Crippen LogP contribution in [0.4, 0.5) is 0 Å². The van der Waals surface area contributed by atoms with E-state index in [1.165, 1.54) is 11.1 Å². The first-order valence-electron chi connectivity index (χ1n) is 7.73. The van der Waals surface area contributed by atoms with Crippen LogP contribution in [0.15, 0.2) is 60.7 Å². The molecule has 1 aliphatic rings. The van der Waals surface area contributed by atoms with E-state index in [2.05, 4.69) is 60.8 Å². The summed E-state index contributed by atoms with van der Waals surface area (Å²) in [7, 11) is 0. The molecule has 0 aromatic heterocycles. The lowest BCUT2D eigenvalue weighted by Crippen LogP contribution is -2.52. The predicted molar refractivity (Wildman–Crippen MR) is 86.4 cm³/mol. The van der Waals surface area contributed by atoms with Gasteiger partial charge in [0.15, 0.2) is 0 Å². The molecule has 0 amide bonds. The Kier molecular flexibility index (Phi) is 4.09. The van der Waals surface area contributed by atoms with Crippen LogP contribution in [0.3, 0.4) is 0 Å². The zero-order valence-corrected chi connectivity index (χ0v) is 12.5. The summed E-state index contributed by atoms with van der Waals surface area (Å²) in [6.45, 7) is 3.26. The fourth-order valence-corrected chi connectivity index (χ4v) is 3.21. The third-order valence-electron chi connectivity index (χ3n) is 4.77. The fraction of sp³-hybridized carbons (Fsp3) is 0.368. The summed E-state index contributed by atoms with van der Waals surface area (Å²) in [5, 5.41) is 13.9. The standard InChI is InChI=1S/C19H23NO/c1-19(15-8-4-2-5-9-15,16-10-6-3-7-11-16)14-18(21)17-12-13-20-17/h2-11,17-18,20-21H,12-14H2,1H3/t17-,18?/m0/s1. The molecule has 0 radical (unpaired) electrons. The third kappa shape index (κ3) is 2.87. The second-order valence-electron chi connectivity index (χ2n) is 6.18. The van der Waals surface area contributed by atoms with Gasteiger partial charge in [-0.2, -0.15) is 0 Å². The van der Waals surface area contributed by atoms with Gasteiger partial charge in [-0.3, -0.25) is 0 Å². The summed E-state index contributed by atoms with van der Waals surface area (Å²) < 4.78 is 0. The normalized spacial score (nSPS) is 19.8. The van der Waals surface area contributed by atoms with Crippen molar-refractivity contribution in [1.82, 2.24) is 5.32 Å². The Bertz CT molecular complexity index is 523. The van der Waals surface area contributed by atoms with Gasteiger partial charge >= 0.3 is 0 Å². The molecule has 1 saturated heterocycles. The predicted octanol–water partition coefficient (Wildman–Crippen LogP) is 3.11. The average Bonchev–Trinajstić information content (AvgIpc) is 2.47. The molecule has 0 spiro atoms. The molecule has 0 saturated carbocycles. The first kappa shape index (κ1) is 14.3. The van der Waals surface area contributed by atoms with E-state index in [4.69, 9.17) is 0 Å². The van der Waals surface area contributed by atoms with Gasteiger partial charge in [-0.25, -0.2) is 0 Å². The van der Waals surface area contributed by atoms with E-state index in [9.17, 15) is 5.11 Å². The molecule has 1 heterocycles. The second-order valence-corrected chi connectivity index (χ2v) is 6.18. The van der Waals surface area contributed by atoms with Gasteiger partial charge in [0.05, 0.1) is 6.10 Å². The maximum atomic E-state index is 10.6. The van der Waals surface area contributed by atoms with Crippen molar-refractivity contribution in [2.24, 2.45) is 0 Å². The topological polar surface area (TPSA) is 32.3 Å². The maximum Gasteiger partial charge on any atom is 0.0705 e. The molecule has 1 unspecified atom stereocenters. The Balaban J connectivity index is 1.94. The van der Waals surface area contributed by atoms with Crippen molar-refractivity contribution < 1.29 is 5.11 Å². The van der Waals surface area contributed by atoms with Crippen molar-refractivity contribution in [3.05, 3.63) is 71.8 Å². The van der Waals surface area contributed by atoms with Gasteiger partial charge in [0, 0.05) is 11.5 Å². The van der Waals surface area contributed by atoms with E-state index in [-0.39, 0.29) is 17.6 Å². The third-order valence-corrected chi connectivity index (χ3v) is 4.77. The molecular weight excluding hydrogens is 258 g/mol. The van der Waals surface area contributed by atoms with Gasteiger partial charge in [0.2, 0.25) is 0 Å². The molecule has 21 heavy (non-hydrogen) atoms. The van der Waals surface area contributed by atoms with Crippen LogP contribution in [0.25, 0.3) is 0 Å². The van der Waals surface area contributed by atoms with E-state index in [1.54, 1.807) is 0 Å². The smallest absolute Gasteiger partial charge is 0.0705 e. The molecule has 2 aromatic carbocycles. The first-order valence-corrected chi connectivity index (χ1v) is 7.73. The Morgan fingerprint density at radius 1 is 1.05 bits per heavy atom. The molecule has 0 aliphatic carbocycles. The molecular formula is C19H23NO. The van der Waals surface area contributed by atoms with E-state index in [1.807, 2.05) is 12.1 Å². The summed E-state index contributed by atoms with van der Waals surface area (Å²) in [5.41, 5.74) is 2.35. The lowest BCUT2D eigenvalue weighted by Gasteiger charge is -2.39. The van der Waals surface area contributed by atoms with Gasteiger partial charge in [0.25, 0.3) is 0 Å². The van der Waals surface area contributed by atoms with Gasteiger partial charge < -0.3 is 10.4 Å². The van der Waals surface area contributed by atoms with Crippen LogP contribution in [0.1, 0.15) is 30.9 Å². The number of nitrogens with one attached hydrogen (secondary N) is 1. The van der Waals surface area contributed by atoms with Gasteiger partial charge in [-0.1, -0.05) is 67.6 Å². The highest BCUT2D eigenvalue weighted by Crippen LogP contribution is 2.37. The van der Waals surface area contributed by atoms with Crippen LogP contribution < -0.4 is 5.32 Å².